The fourth-order valence-corrected chi connectivity index (χ4v) is 2.14. The number of nitrogens with two attached hydrogens (primary N) is 1. The highest BCUT2D eigenvalue weighted by Crippen LogP contribution is 2.20. The van der Waals surface area contributed by atoms with Gasteiger partial charge in [0.25, 0.3) is 0 Å². The zero-order valence-electron chi connectivity index (χ0n) is 10.8. The van der Waals surface area contributed by atoms with E-state index in [0.29, 0.717) is 17.8 Å². The van der Waals surface area contributed by atoms with Crippen LogP contribution in [-0.2, 0) is 6.54 Å². The highest BCUT2D eigenvalue weighted by Gasteiger charge is 2.08. The normalized spacial score (nSPS) is 10.7. The number of imidazole rings is 1. The maximum Gasteiger partial charge on any atom is 0.140 e. The standard InChI is InChI=1S/C16H14FN3/c17-15-4-2-1-3-13(15)11-20-10-9-19-16(20)12-5-7-14(18)8-6-12/h1-10H,11,18H2. The van der Waals surface area contributed by atoms with Gasteiger partial charge in [0.1, 0.15) is 11.6 Å². The summed E-state index contributed by atoms with van der Waals surface area (Å²) in [4.78, 5) is 4.34. The number of nitrogen functional groups attached to an aromatic ring is 1. The number of aromatic nitrogens is 2. The first-order chi connectivity index (χ1) is 9.74. The molecule has 4 heteroatoms. The Morgan fingerprint density at radius 1 is 1.05 bits per heavy atom. The maximum atomic E-state index is 13.7. The molecule has 2 aromatic carbocycles. The molecule has 3 aromatic rings. The van der Waals surface area contributed by atoms with Crippen LogP contribution in [-0.4, -0.2) is 9.55 Å². The lowest BCUT2D eigenvalue weighted by atomic mass is 10.1. The Hall–Kier alpha value is -2.62. The lowest BCUT2D eigenvalue weighted by Gasteiger charge is -2.09. The van der Waals surface area contributed by atoms with Gasteiger partial charge in [0.15, 0.2) is 0 Å². The molecule has 20 heavy (non-hydrogen) atoms. The van der Waals surface area contributed by atoms with Gasteiger partial charge in [0, 0.05) is 29.2 Å². The molecule has 0 spiro atoms. The summed E-state index contributed by atoms with van der Waals surface area (Å²) in [7, 11) is 0. The Labute approximate surface area is 116 Å². The van der Waals surface area contributed by atoms with E-state index in [-0.39, 0.29) is 5.82 Å². The van der Waals surface area contributed by atoms with Crippen LogP contribution in [0.1, 0.15) is 5.56 Å². The van der Waals surface area contributed by atoms with E-state index in [9.17, 15) is 4.39 Å². The predicted octanol–water partition coefficient (Wildman–Crippen LogP) is 3.32. The molecule has 100 valence electrons. The third-order valence-corrected chi connectivity index (χ3v) is 3.18. The largest absolute Gasteiger partial charge is 0.399 e. The van der Waals surface area contributed by atoms with Crippen LogP contribution < -0.4 is 5.73 Å². The van der Waals surface area contributed by atoms with Crippen molar-refractivity contribution in [3.05, 3.63) is 72.3 Å². The lowest BCUT2D eigenvalue weighted by molar-refractivity contribution is 0.600. The molecule has 0 fully saturated rings. The number of benzene rings is 2. The van der Waals surface area contributed by atoms with Crippen molar-refractivity contribution in [2.24, 2.45) is 0 Å². The molecule has 3 rings (SSSR count). The van der Waals surface area contributed by atoms with E-state index < -0.39 is 0 Å². The van der Waals surface area contributed by atoms with Crippen molar-refractivity contribution in [2.45, 2.75) is 6.54 Å². The number of anilines is 1. The van der Waals surface area contributed by atoms with Crippen molar-refractivity contribution in [1.82, 2.24) is 9.55 Å². The van der Waals surface area contributed by atoms with Crippen LogP contribution >= 0.6 is 0 Å². The molecule has 3 nitrogen and oxygen atoms in total. The first-order valence-corrected chi connectivity index (χ1v) is 6.34. The van der Waals surface area contributed by atoms with E-state index in [0.717, 1.165) is 11.4 Å². The van der Waals surface area contributed by atoms with E-state index in [1.807, 2.05) is 41.1 Å². The van der Waals surface area contributed by atoms with Crippen molar-refractivity contribution in [3.8, 4) is 11.4 Å². The third kappa shape index (κ3) is 2.40. The molecule has 0 amide bonds. The highest BCUT2D eigenvalue weighted by molar-refractivity contribution is 5.59. The van der Waals surface area contributed by atoms with Gasteiger partial charge in [-0.2, -0.15) is 0 Å². The van der Waals surface area contributed by atoms with Crippen molar-refractivity contribution in [2.75, 3.05) is 5.73 Å². The SMILES string of the molecule is Nc1ccc(-c2nccn2Cc2ccccc2F)cc1. The van der Waals surface area contributed by atoms with Crippen LogP contribution in [0.3, 0.4) is 0 Å². The average Bonchev–Trinajstić information content (AvgIpc) is 2.90. The third-order valence-electron chi connectivity index (χ3n) is 3.18. The molecule has 2 N–H and O–H groups in total. The number of hydrogen-bond donors (Lipinski definition) is 1. The molecule has 0 radical (unpaired) electrons. The predicted molar refractivity (Wildman–Crippen MR) is 77.6 cm³/mol. The molecular weight excluding hydrogens is 253 g/mol. The van der Waals surface area contributed by atoms with Gasteiger partial charge >= 0.3 is 0 Å². The molecule has 1 heterocycles. The molecule has 0 unspecified atom stereocenters. The molecule has 0 atom stereocenters. The smallest absolute Gasteiger partial charge is 0.140 e. The van der Waals surface area contributed by atoms with Crippen LogP contribution in [0.15, 0.2) is 60.9 Å². The van der Waals surface area contributed by atoms with Gasteiger partial charge in [0.05, 0.1) is 6.54 Å². The summed E-state index contributed by atoms with van der Waals surface area (Å²) in [6.07, 6.45) is 3.56. The fraction of sp³-hybridized carbons (Fsp3) is 0.0625. The van der Waals surface area contributed by atoms with Crippen LogP contribution in [0, 0.1) is 5.82 Å². The van der Waals surface area contributed by atoms with Gasteiger partial charge in [-0.1, -0.05) is 18.2 Å². The Balaban J connectivity index is 1.95. The van der Waals surface area contributed by atoms with Crippen molar-refractivity contribution < 1.29 is 4.39 Å². The topological polar surface area (TPSA) is 43.8 Å². The molecule has 0 bridgehead atoms. The number of halogens is 1. The lowest BCUT2D eigenvalue weighted by Crippen LogP contribution is -2.03. The summed E-state index contributed by atoms with van der Waals surface area (Å²) in [5.41, 5.74) is 7.99. The molecule has 0 aliphatic carbocycles. The van der Waals surface area contributed by atoms with Gasteiger partial charge in [-0.3, -0.25) is 0 Å². The summed E-state index contributed by atoms with van der Waals surface area (Å²) in [5, 5.41) is 0. The Kier molecular flexibility index (Phi) is 3.21. The molecule has 0 saturated carbocycles. The van der Waals surface area contributed by atoms with Crippen LogP contribution in [0.5, 0.6) is 0 Å². The second-order valence-electron chi connectivity index (χ2n) is 4.59. The minimum atomic E-state index is -0.204. The van der Waals surface area contributed by atoms with Gasteiger partial charge < -0.3 is 10.3 Å². The van der Waals surface area contributed by atoms with Gasteiger partial charge in [-0.25, -0.2) is 9.37 Å². The summed E-state index contributed by atoms with van der Waals surface area (Å²) in [5.74, 6) is 0.595. The van der Waals surface area contributed by atoms with E-state index in [1.165, 1.54) is 6.07 Å². The number of hydrogen-bond acceptors (Lipinski definition) is 2. The van der Waals surface area contributed by atoms with Crippen LogP contribution in [0.2, 0.25) is 0 Å². The average molecular weight is 267 g/mol. The van der Waals surface area contributed by atoms with Crippen molar-refractivity contribution in [1.29, 1.82) is 0 Å². The highest BCUT2D eigenvalue weighted by atomic mass is 19.1. The number of rotatable bonds is 3. The summed E-state index contributed by atoms with van der Waals surface area (Å²) >= 11 is 0. The Bertz CT molecular complexity index is 717. The molecule has 1 aromatic heterocycles. The Morgan fingerprint density at radius 3 is 2.55 bits per heavy atom. The minimum absolute atomic E-state index is 0.204. The van der Waals surface area contributed by atoms with Crippen LogP contribution in [0.25, 0.3) is 11.4 Å². The molecule has 0 saturated heterocycles. The zero-order valence-corrected chi connectivity index (χ0v) is 10.8. The zero-order chi connectivity index (χ0) is 13.9. The second-order valence-corrected chi connectivity index (χ2v) is 4.59. The second kappa shape index (κ2) is 5.17. The van der Waals surface area contributed by atoms with Gasteiger partial charge in [0.2, 0.25) is 0 Å². The van der Waals surface area contributed by atoms with E-state index in [4.69, 9.17) is 5.73 Å². The summed E-state index contributed by atoms with van der Waals surface area (Å²) in [6.45, 7) is 0.451. The van der Waals surface area contributed by atoms with E-state index in [2.05, 4.69) is 4.98 Å². The minimum Gasteiger partial charge on any atom is -0.399 e. The molecule has 0 aliphatic rings. The van der Waals surface area contributed by atoms with E-state index >= 15 is 0 Å². The fourth-order valence-electron chi connectivity index (χ4n) is 2.14. The van der Waals surface area contributed by atoms with E-state index in [1.54, 1.807) is 18.3 Å². The number of nitrogens with zero attached hydrogens (tertiary/aromatic N) is 2. The molecular formula is C16H14FN3. The summed E-state index contributed by atoms with van der Waals surface area (Å²) in [6, 6.07) is 14.3. The first kappa shape index (κ1) is 12.4. The quantitative estimate of drug-likeness (QED) is 0.740. The van der Waals surface area contributed by atoms with Crippen LogP contribution in [0.4, 0.5) is 10.1 Å². The summed E-state index contributed by atoms with van der Waals surface area (Å²) < 4.78 is 15.6. The molecule has 0 aliphatic heterocycles. The first-order valence-electron chi connectivity index (χ1n) is 6.34. The Morgan fingerprint density at radius 2 is 1.80 bits per heavy atom. The van der Waals surface area contributed by atoms with Gasteiger partial charge in [-0.05, 0) is 30.3 Å². The van der Waals surface area contributed by atoms with Crippen molar-refractivity contribution >= 4 is 5.69 Å². The van der Waals surface area contributed by atoms with Gasteiger partial charge in [-0.15, -0.1) is 0 Å². The van der Waals surface area contributed by atoms with Crippen molar-refractivity contribution in [3.63, 3.8) is 0 Å². The maximum absolute atomic E-state index is 13.7. The monoisotopic (exact) mass is 267 g/mol.